The number of hydrogen-bond donors (Lipinski definition) is 0. The lowest BCUT2D eigenvalue weighted by Gasteiger charge is -2.18. The van der Waals surface area contributed by atoms with Gasteiger partial charge >= 0.3 is 0 Å². The van der Waals surface area contributed by atoms with Crippen LogP contribution in [0.1, 0.15) is 43.8 Å². The van der Waals surface area contributed by atoms with Crippen molar-refractivity contribution in [2.75, 3.05) is 0 Å². The van der Waals surface area contributed by atoms with Gasteiger partial charge in [-0.15, -0.1) is 23.2 Å². The largest absolute Gasteiger partial charge is 0.298 e. The van der Waals surface area contributed by atoms with E-state index in [0.717, 1.165) is 9.13 Å². The van der Waals surface area contributed by atoms with Crippen molar-refractivity contribution >= 4 is 34.8 Å². The van der Waals surface area contributed by atoms with Gasteiger partial charge in [0.1, 0.15) is 34.2 Å². The molecule has 3 rings (SSSR count). The number of alkyl halides is 2. The minimum absolute atomic E-state index is 0.118. The minimum Gasteiger partial charge on any atom is -0.298 e. The van der Waals surface area contributed by atoms with Gasteiger partial charge in [-0.25, -0.2) is 9.97 Å². The van der Waals surface area contributed by atoms with Crippen LogP contribution in [0.25, 0.3) is 0 Å². The molecule has 0 saturated carbocycles. The fourth-order valence-electron chi connectivity index (χ4n) is 2.51. The van der Waals surface area contributed by atoms with Gasteiger partial charge in [0.15, 0.2) is 0 Å². The quantitative estimate of drug-likeness (QED) is 0.595. The van der Waals surface area contributed by atoms with Crippen molar-refractivity contribution in [1.82, 2.24) is 19.1 Å². The molecular formula is C14H10Cl2N4O4. The van der Waals surface area contributed by atoms with Gasteiger partial charge in [0, 0.05) is 14.1 Å². The average Bonchev–Trinajstić information content (AvgIpc) is 2.57. The number of carbonyl (C=O) groups excluding carboxylic acids is 2. The third-order valence-corrected chi connectivity index (χ3v) is 4.37. The van der Waals surface area contributed by atoms with Crippen LogP contribution in [0, 0.1) is 0 Å². The Bertz CT molecular complexity index is 955. The van der Waals surface area contributed by atoms with Crippen LogP contribution in [-0.2, 0) is 25.9 Å². The normalized spacial score (nSPS) is 13.0. The Labute approximate surface area is 144 Å². The van der Waals surface area contributed by atoms with E-state index >= 15 is 0 Å². The Morgan fingerprint density at radius 2 is 1.08 bits per heavy atom. The minimum atomic E-state index is -0.821. The lowest BCUT2D eigenvalue weighted by Crippen LogP contribution is -2.41. The summed E-state index contributed by atoms with van der Waals surface area (Å²) in [6, 6.07) is 0. The SMILES string of the molecule is Cn1c(CCl)nc2c(c1=O)C(=O)c1nc(CCl)n(C)c(=O)c1C2=O. The van der Waals surface area contributed by atoms with Crippen LogP contribution in [0.5, 0.6) is 0 Å². The second-order valence-corrected chi connectivity index (χ2v) is 5.69. The Morgan fingerprint density at radius 3 is 1.38 bits per heavy atom. The van der Waals surface area contributed by atoms with E-state index in [0.29, 0.717) is 0 Å². The molecule has 8 nitrogen and oxygen atoms in total. The second-order valence-electron chi connectivity index (χ2n) is 5.16. The predicted molar refractivity (Wildman–Crippen MR) is 84.9 cm³/mol. The summed E-state index contributed by atoms with van der Waals surface area (Å²) in [5.74, 6) is -1.67. The highest BCUT2D eigenvalue weighted by Crippen LogP contribution is 2.21. The van der Waals surface area contributed by atoms with Crippen LogP contribution in [0.2, 0.25) is 0 Å². The van der Waals surface area contributed by atoms with Crippen molar-refractivity contribution in [2.45, 2.75) is 11.8 Å². The number of halogens is 2. The molecular weight excluding hydrogens is 359 g/mol. The number of hydrogen-bond acceptors (Lipinski definition) is 6. The molecule has 0 saturated heterocycles. The molecule has 0 radical (unpaired) electrons. The molecule has 2 aromatic heterocycles. The molecule has 1 aliphatic carbocycles. The number of ketones is 2. The highest BCUT2D eigenvalue weighted by atomic mass is 35.5. The van der Waals surface area contributed by atoms with Crippen LogP contribution in [0.4, 0.5) is 0 Å². The van der Waals surface area contributed by atoms with Crippen LogP contribution < -0.4 is 11.1 Å². The van der Waals surface area contributed by atoms with Crippen LogP contribution in [0.15, 0.2) is 9.59 Å². The summed E-state index contributed by atoms with van der Waals surface area (Å²) in [7, 11) is 2.78. The van der Waals surface area contributed by atoms with Crippen LogP contribution in [0.3, 0.4) is 0 Å². The van der Waals surface area contributed by atoms with E-state index in [2.05, 4.69) is 9.97 Å². The van der Waals surface area contributed by atoms with Gasteiger partial charge in [-0.1, -0.05) is 0 Å². The molecule has 0 aliphatic heterocycles. The lowest BCUT2D eigenvalue weighted by atomic mass is 9.91. The molecule has 10 heteroatoms. The third-order valence-electron chi connectivity index (χ3n) is 3.89. The summed E-state index contributed by atoms with van der Waals surface area (Å²) < 4.78 is 2.18. The van der Waals surface area contributed by atoms with Crippen molar-refractivity contribution in [3.63, 3.8) is 0 Å². The number of rotatable bonds is 2. The summed E-state index contributed by atoms with van der Waals surface area (Å²) in [5, 5.41) is 0. The monoisotopic (exact) mass is 368 g/mol. The van der Waals surface area contributed by atoms with Crippen LogP contribution >= 0.6 is 23.2 Å². The Hall–Kier alpha value is -2.32. The number of carbonyl (C=O) groups is 2. The molecule has 124 valence electrons. The standard InChI is InChI=1S/C14H10Cl2N4O4/c1-19-5(3-15)17-9-7(13(19)23)11(21)10-8(12(9)22)14(24)20(2)6(4-16)18-10/h3-4H2,1-2H3. The van der Waals surface area contributed by atoms with E-state index in [1.54, 1.807) is 0 Å². The summed E-state index contributed by atoms with van der Waals surface area (Å²) >= 11 is 11.4. The van der Waals surface area contributed by atoms with Crippen molar-refractivity contribution in [1.29, 1.82) is 0 Å². The summed E-state index contributed by atoms with van der Waals surface area (Å²) in [6.45, 7) is 0. The average molecular weight is 369 g/mol. The molecule has 1 aliphatic rings. The van der Waals surface area contributed by atoms with Crippen LogP contribution in [-0.4, -0.2) is 30.7 Å². The zero-order chi connectivity index (χ0) is 17.8. The number of nitrogens with zero attached hydrogens (tertiary/aromatic N) is 4. The maximum absolute atomic E-state index is 12.7. The molecule has 0 bridgehead atoms. The topological polar surface area (TPSA) is 104 Å². The summed E-state index contributed by atoms with van der Waals surface area (Å²) in [6.07, 6.45) is 0. The van der Waals surface area contributed by atoms with E-state index in [-0.39, 0.29) is 34.8 Å². The van der Waals surface area contributed by atoms with E-state index < -0.39 is 33.8 Å². The zero-order valence-electron chi connectivity index (χ0n) is 12.6. The van der Waals surface area contributed by atoms with Gasteiger partial charge in [-0.2, -0.15) is 0 Å². The van der Waals surface area contributed by atoms with Crippen molar-refractivity contribution in [3.8, 4) is 0 Å². The number of aromatic nitrogens is 4. The highest BCUT2D eigenvalue weighted by molar-refractivity contribution is 6.26. The van der Waals surface area contributed by atoms with Crippen molar-refractivity contribution in [3.05, 3.63) is 54.9 Å². The fourth-order valence-corrected chi connectivity index (χ4v) is 2.98. The van der Waals surface area contributed by atoms with E-state index in [4.69, 9.17) is 23.2 Å². The molecule has 0 fully saturated rings. The first-order valence-corrected chi connectivity index (χ1v) is 7.81. The maximum Gasteiger partial charge on any atom is 0.265 e. The van der Waals surface area contributed by atoms with E-state index in [1.807, 2.05) is 0 Å². The van der Waals surface area contributed by atoms with Gasteiger partial charge in [-0.05, 0) is 0 Å². The highest BCUT2D eigenvalue weighted by Gasteiger charge is 2.38. The van der Waals surface area contributed by atoms with E-state index in [1.165, 1.54) is 14.1 Å². The maximum atomic E-state index is 12.7. The van der Waals surface area contributed by atoms with Gasteiger partial charge in [-0.3, -0.25) is 28.3 Å². The Morgan fingerprint density at radius 1 is 0.750 bits per heavy atom. The molecule has 0 aromatic carbocycles. The molecule has 0 atom stereocenters. The molecule has 2 aromatic rings. The molecule has 0 N–H and O–H groups in total. The molecule has 0 unspecified atom stereocenters. The van der Waals surface area contributed by atoms with Gasteiger partial charge < -0.3 is 0 Å². The van der Waals surface area contributed by atoms with E-state index in [9.17, 15) is 19.2 Å². The van der Waals surface area contributed by atoms with Gasteiger partial charge in [0.05, 0.1) is 11.8 Å². The second kappa shape index (κ2) is 5.64. The fraction of sp³-hybridized carbons (Fsp3) is 0.286. The third kappa shape index (κ3) is 2.06. The Balaban J connectivity index is 2.43. The first kappa shape index (κ1) is 16.5. The molecule has 24 heavy (non-hydrogen) atoms. The lowest BCUT2D eigenvalue weighted by molar-refractivity contribution is 0.0966. The molecule has 0 spiro atoms. The summed E-state index contributed by atoms with van der Waals surface area (Å²) in [4.78, 5) is 58.2. The van der Waals surface area contributed by atoms with Gasteiger partial charge in [0.2, 0.25) is 11.6 Å². The molecule has 2 heterocycles. The van der Waals surface area contributed by atoms with Gasteiger partial charge in [0.25, 0.3) is 11.1 Å². The molecule has 0 amide bonds. The predicted octanol–water partition coefficient (Wildman–Crippen LogP) is 0.127. The van der Waals surface area contributed by atoms with Crippen molar-refractivity contribution in [2.24, 2.45) is 14.1 Å². The first-order valence-electron chi connectivity index (χ1n) is 6.74. The Kier molecular flexibility index (Phi) is 3.89. The number of fused-ring (bicyclic) bond motifs is 2. The van der Waals surface area contributed by atoms with Crippen molar-refractivity contribution < 1.29 is 9.59 Å². The summed E-state index contributed by atoms with van der Waals surface area (Å²) in [5.41, 5.74) is -2.99. The zero-order valence-corrected chi connectivity index (χ0v) is 14.1. The first-order chi connectivity index (χ1) is 11.3. The smallest absolute Gasteiger partial charge is 0.265 e.